The minimum atomic E-state index is -0.216. The highest BCUT2D eigenvalue weighted by atomic mass is 32.1. The number of benzene rings is 1. The van der Waals surface area contributed by atoms with Crippen LogP contribution in [-0.2, 0) is 16.0 Å². The van der Waals surface area contributed by atoms with E-state index in [-0.39, 0.29) is 12.5 Å². The second-order valence-electron chi connectivity index (χ2n) is 4.10. The Kier molecular flexibility index (Phi) is 4.82. The van der Waals surface area contributed by atoms with Crippen LogP contribution in [0.4, 0.5) is 5.13 Å². The summed E-state index contributed by atoms with van der Waals surface area (Å²) in [5, 5.41) is 12.0. The molecule has 1 aromatic heterocycles. The Hall–Kier alpha value is -2.23. The number of carbonyl (C=O) groups excluding carboxylic acids is 1. The van der Waals surface area contributed by atoms with Crippen LogP contribution in [0.3, 0.4) is 0 Å². The number of nitrogens with zero attached hydrogens (tertiary/aromatic N) is 2. The lowest BCUT2D eigenvalue weighted by Gasteiger charge is -1.99. The van der Waals surface area contributed by atoms with Gasteiger partial charge in [-0.3, -0.25) is 10.1 Å². The molecule has 5 nitrogen and oxygen atoms in total. The average Bonchev–Trinajstić information content (AvgIpc) is 2.87. The van der Waals surface area contributed by atoms with Gasteiger partial charge in [0.1, 0.15) is 6.61 Å². The van der Waals surface area contributed by atoms with E-state index in [4.69, 9.17) is 10.00 Å². The molecular weight excluding hydrogens is 274 g/mol. The summed E-state index contributed by atoms with van der Waals surface area (Å²) >= 11 is 1.43. The van der Waals surface area contributed by atoms with Crippen LogP contribution in [0, 0.1) is 11.3 Å². The first-order valence-electron chi connectivity index (χ1n) is 5.94. The third-order valence-electron chi connectivity index (χ3n) is 2.54. The van der Waals surface area contributed by atoms with E-state index in [1.54, 1.807) is 18.3 Å². The van der Waals surface area contributed by atoms with Crippen molar-refractivity contribution in [3.63, 3.8) is 0 Å². The van der Waals surface area contributed by atoms with Crippen molar-refractivity contribution in [1.29, 1.82) is 5.26 Å². The van der Waals surface area contributed by atoms with Crippen molar-refractivity contribution in [2.24, 2.45) is 0 Å². The number of ether oxygens (including phenoxy) is 1. The van der Waals surface area contributed by atoms with Gasteiger partial charge in [0.25, 0.3) is 5.91 Å². The highest BCUT2D eigenvalue weighted by Crippen LogP contribution is 2.21. The van der Waals surface area contributed by atoms with Crippen molar-refractivity contribution >= 4 is 22.4 Å². The molecule has 102 valence electrons. The topological polar surface area (TPSA) is 75.0 Å². The van der Waals surface area contributed by atoms with Gasteiger partial charge in [-0.05, 0) is 17.7 Å². The second kappa shape index (κ2) is 6.80. The number of hydrogen-bond acceptors (Lipinski definition) is 5. The lowest BCUT2D eigenvalue weighted by atomic mass is 10.1. The summed E-state index contributed by atoms with van der Waals surface area (Å²) in [7, 11) is 1.47. The van der Waals surface area contributed by atoms with Crippen LogP contribution in [0.15, 0.2) is 30.5 Å². The molecule has 2 aromatic rings. The van der Waals surface area contributed by atoms with Crippen LogP contribution in [0.5, 0.6) is 0 Å². The standard InChI is InChI=1S/C14H13N3O2S/c1-19-9-13(18)17-14-16-8-12(20-14)6-10-2-4-11(7-15)5-3-10/h2-5,8H,6,9H2,1H3,(H,16,17,18). The van der Waals surface area contributed by atoms with Gasteiger partial charge in [-0.1, -0.05) is 12.1 Å². The van der Waals surface area contributed by atoms with Crippen LogP contribution < -0.4 is 5.32 Å². The zero-order valence-corrected chi connectivity index (χ0v) is 11.7. The number of thiazole rings is 1. The highest BCUT2D eigenvalue weighted by Gasteiger charge is 2.07. The van der Waals surface area contributed by atoms with Crippen LogP contribution >= 0.6 is 11.3 Å². The van der Waals surface area contributed by atoms with Crippen molar-refractivity contribution in [2.75, 3.05) is 19.0 Å². The number of nitrogens with one attached hydrogen (secondary N) is 1. The molecule has 0 aliphatic rings. The van der Waals surface area contributed by atoms with E-state index < -0.39 is 0 Å². The summed E-state index contributed by atoms with van der Waals surface area (Å²) in [5.74, 6) is -0.216. The second-order valence-corrected chi connectivity index (χ2v) is 5.21. The zero-order chi connectivity index (χ0) is 14.4. The van der Waals surface area contributed by atoms with Crippen molar-refractivity contribution in [3.05, 3.63) is 46.5 Å². The molecule has 1 aromatic carbocycles. The summed E-state index contributed by atoms with van der Waals surface area (Å²) in [6.07, 6.45) is 2.47. The molecule has 0 fully saturated rings. The molecule has 0 atom stereocenters. The molecule has 0 unspecified atom stereocenters. The number of hydrogen-bond donors (Lipinski definition) is 1. The van der Waals surface area contributed by atoms with Gasteiger partial charge in [-0.25, -0.2) is 4.98 Å². The molecule has 6 heteroatoms. The van der Waals surface area contributed by atoms with Crippen molar-refractivity contribution in [1.82, 2.24) is 4.98 Å². The lowest BCUT2D eigenvalue weighted by molar-refractivity contribution is -0.119. The molecule has 0 aliphatic carbocycles. The van der Waals surface area contributed by atoms with E-state index in [1.165, 1.54) is 18.4 Å². The first-order valence-corrected chi connectivity index (χ1v) is 6.75. The van der Waals surface area contributed by atoms with Crippen LogP contribution in [-0.4, -0.2) is 24.6 Å². The molecular formula is C14H13N3O2S. The van der Waals surface area contributed by atoms with Gasteiger partial charge in [0, 0.05) is 24.6 Å². The predicted octanol–water partition coefficient (Wildman–Crippen LogP) is 2.19. The van der Waals surface area contributed by atoms with Crippen LogP contribution in [0.2, 0.25) is 0 Å². The van der Waals surface area contributed by atoms with Gasteiger partial charge >= 0.3 is 0 Å². The molecule has 0 saturated heterocycles. The van der Waals surface area contributed by atoms with Crippen molar-refractivity contribution in [3.8, 4) is 6.07 Å². The SMILES string of the molecule is COCC(=O)Nc1ncc(Cc2ccc(C#N)cc2)s1. The molecule has 0 spiro atoms. The lowest BCUT2D eigenvalue weighted by Crippen LogP contribution is -2.16. The minimum Gasteiger partial charge on any atom is -0.375 e. The van der Waals surface area contributed by atoms with Crippen LogP contribution in [0.1, 0.15) is 16.0 Å². The molecule has 0 bridgehead atoms. The minimum absolute atomic E-state index is 0.0184. The number of amides is 1. The summed E-state index contributed by atoms with van der Waals surface area (Å²) in [6.45, 7) is 0.0184. The van der Waals surface area contributed by atoms with Gasteiger partial charge < -0.3 is 4.74 Å². The maximum absolute atomic E-state index is 11.4. The summed E-state index contributed by atoms with van der Waals surface area (Å²) in [6, 6.07) is 9.50. The smallest absolute Gasteiger partial charge is 0.252 e. The van der Waals surface area contributed by atoms with Gasteiger partial charge in [-0.15, -0.1) is 11.3 Å². The van der Waals surface area contributed by atoms with E-state index >= 15 is 0 Å². The monoisotopic (exact) mass is 287 g/mol. The summed E-state index contributed by atoms with van der Waals surface area (Å²) < 4.78 is 4.74. The molecule has 2 rings (SSSR count). The Morgan fingerprint density at radius 3 is 2.85 bits per heavy atom. The van der Waals surface area contributed by atoms with Gasteiger partial charge in [0.05, 0.1) is 11.6 Å². The zero-order valence-electron chi connectivity index (χ0n) is 10.9. The molecule has 1 heterocycles. The normalized spacial score (nSPS) is 10.0. The molecule has 0 aliphatic heterocycles. The van der Waals surface area contributed by atoms with E-state index in [9.17, 15) is 4.79 Å². The fourth-order valence-corrected chi connectivity index (χ4v) is 2.49. The molecule has 1 amide bonds. The third-order valence-corrected chi connectivity index (χ3v) is 3.45. The molecule has 0 saturated carbocycles. The number of nitriles is 1. The Bertz CT molecular complexity index is 629. The Labute approximate surface area is 120 Å². The fourth-order valence-electron chi connectivity index (χ4n) is 1.63. The van der Waals surface area contributed by atoms with Gasteiger partial charge in [0.15, 0.2) is 5.13 Å². The highest BCUT2D eigenvalue weighted by molar-refractivity contribution is 7.15. The Balaban J connectivity index is 1.98. The Morgan fingerprint density at radius 2 is 2.20 bits per heavy atom. The number of methoxy groups -OCH3 is 1. The third kappa shape index (κ3) is 3.88. The van der Waals surface area contributed by atoms with E-state index in [1.807, 2.05) is 12.1 Å². The predicted molar refractivity (Wildman–Crippen MR) is 76.6 cm³/mol. The summed E-state index contributed by atoms with van der Waals surface area (Å²) in [4.78, 5) is 16.5. The van der Waals surface area contributed by atoms with E-state index in [0.29, 0.717) is 10.7 Å². The number of aromatic nitrogens is 1. The van der Waals surface area contributed by atoms with Gasteiger partial charge in [0.2, 0.25) is 0 Å². The largest absolute Gasteiger partial charge is 0.375 e. The maximum Gasteiger partial charge on any atom is 0.252 e. The van der Waals surface area contributed by atoms with E-state index in [0.717, 1.165) is 16.9 Å². The average molecular weight is 287 g/mol. The van der Waals surface area contributed by atoms with Crippen LogP contribution in [0.25, 0.3) is 0 Å². The number of anilines is 1. The fraction of sp³-hybridized carbons (Fsp3) is 0.214. The molecule has 1 N–H and O–H groups in total. The van der Waals surface area contributed by atoms with Crippen molar-refractivity contribution in [2.45, 2.75) is 6.42 Å². The summed E-state index contributed by atoms with van der Waals surface area (Å²) in [5.41, 5.74) is 1.74. The number of rotatable bonds is 5. The molecule has 20 heavy (non-hydrogen) atoms. The van der Waals surface area contributed by atoms with Gasteiger partial charge in [-0.2, -0.15) is 5.26 Å². The molecule has 0 radical (unpaired) electrons. The Morgan fingerprint density at radius 1 is 1.45 bits per heavy atom. The van der Waals surface area contributed by atoms with E-state index in [2.05, 4.69) is 16.4 Å². The first-order chi connectivity index (χ1) is 9.71. The number of carbonyl (C=O) groups is 1. The first kappa shape index (κ1) is 14.2. The van der Waals surface area contributed by atoms with Crippen molar-refractivity contribution < 1.29 is 9.53 Å². The quantitative estimate of drug-likeness (QED) is 0.914. The maximum atomic E-state index is 11.4.